The van der Waals surface area contributed by atoms with Crippen molar-refractivity contribution < 1.29 is 8.42 Å². The molecule has 3 N–H and O–H groups in total. The maximum absolute atomic E-state index is 11.8. The van der Waals surface area contributed by atoms with Gasteiger partial charge in [-0.05, 0) is 50.1 Å². The molecule has 0 saturated carbocycles. The third kappa shape index (κ3) is 4.19. The fraction of sp³-hybridized carbons (Fsp3) is 0.571. The first-order valence-corrected chi connectivity index (χ1v) is 8.67. The Labute approximate surface area is 121 Å². The van der Waals surface area contributed by atoms with E-state index >= 15 is 0 Å². The maximum Gasteiger partial charge on any atom is 0.240 e. The molecular weight excluding hydrogens is 274 g/mol. The Kier molecular flexibility index (Phi) is 5.39. The van der Waals surface area contributed by atoms with Crippen molar-refractivity contribution >= 4 is 15.7 Å². The molecule has 2 rings (SSSR count). The zero-order valence-corrected chi connectivity index (χ0v) is 12.7. The van der Waals surface area contributed by atoms with Crippen LogP contribution in [0.25, 0.3) is 0 Å². The molecule has 1 fully saturated rings. The fourth-order valence-corrected chi connectivity index (χ4v) is 3.46. The molecule has 6 heteroatoms. The van der Waals surface area contributed by atoms with Gasteiger partial charge in [0, 0.05) is 24.8 Å². The Morgan fingerprint density at radius 1 is 1.30 bits per heavy atom. The van der Waals surface area contributed by atoms with Crippen molar-refractivity contribution in [3.8, 4) is 0 Å². The van der Waals surface area contributed by atoms with E-state index in [4.69, 9.17) is 0 Å². The first kappa shape index (κ1) is 15.3. The summed E-state index contributed by atoms with van der Waals surface area (Å²) in [6.45, 7) is 4.19. The molecule has 1 aliphatic heterocycles. The highest BCUT2D eigenvalue weighted by Gasteiger charge is 2.13. The van der Waals surface area contributed by atoms with Crippen molar-refractivity contribution in [2.45, 2.75) is 37.1 Å². The van der Waals surface area contributed by atoms with Crippen molar-refractivity contribution in [1.29, 1.82) is 0 Å². The maximum atomic E-state index is 11.8. The minimum absolute atomic E-state index is 0.308. The van der Waals surface area contributed by atoms with E-state index in [2.05, 4.69) is 15.4 Å². The third-order valence-electron chi connectivity index (χ3n) is 3.48. The standard InChI is InChI=1S/C14H23N3O2S/c1-2-17-20(18,19)14-7-5-13(6-8-14)16-11-9-12-4-3-10-15-12/h5-8,12,15-17H,2-4,9-11H2,1H3/t12-/m1/s1. The van der Waals surface area contributed by atoms with Crippen molar-refractivity contribution in [2.75, 3.05) is 25.0 Å². The number of hydrogen-bond donors (Lipinski definition) is 3. The lowest BCUT2D eigenvalue weighted by atomic mass is 10.1. The molecule has 20 heavy (non-hydrogen) atoms. The predicted octanol–water partition coefficient (Wildman–Crippen LogP) is 1.54. The smallest absolute Gasteiger partial charge is 0.240 e. The zero-order chi connectivity index (χ0) is 14.4. The molecule has 5 nitrogen and oxygen atoms in total. The minimum Gasteiger partial charge on any atom is -0.385 e. The van der Waals surface area contributed by atoms with Crippen LogP contribution in [0.1, 0.15) is 26.2 Å². The summed E-state index contributed by atoms with van der Waals surface area (Å²) in [7, 11) is -3.35. The predicted molar refractivity (Wildman–Crippen MR) is 81.4 cm³/mol. The third-order valence-corrected chi connectivity index (χ3v) is 5.04. The summed E-state index contributed by atoms with van der Waals surface area (Å²) in [6, 6.07) is 7.51. The van der Waals surface area contributed by atoms with Gasteiger partial charge in [0.1, 0.15) is 0 Å². The van der Waals surface area contributed by atoms with E-state index in [0.717, 1.165) is 25.2 Å². The lowest BCUT2D eigenvalue weighted by molar-refractivity contribution is 0.574. The van der Waals surface area contributed by atoms with Crippen LogP contribution in [-0.2, 0) is 10.0 Å². The molecule has 0 spiro atoms. The van der Waals surface area contributed by atoms with Crippen molar-refractivity contribution in [1.82, 2.24) is 10.0 Å². The number of anilines is 1. The molecule has 0 unspecified atom stereocenters. The molecule has 0 aliphatic carbocycles. The lowest BCUT2D eigenvalue weighted by Crippen LogP contribution is -2.24. The van der Waals surface area contributed by atoms with Crippen LogP contribution in [-0.4, -0.2) is 34.1 Å². The van der Waals surface area contributed by atoms with Crippen LogP contribution in [0.15, 0.2) is 29.2 Å². The van der Waals surface area contributed by atoms with Gasteiger partial charge in [-0.2, -0.15) is 0 Å². The molecule has 1 aliphatic rings. The summed E-state index contributed by atoms with van der Waals surface area (Å²) in [5.41, 5.74) is 0.957. The number of rotatable bonds is 7. The van der Waals surface area contributed by atoms with E-state index in [0.29, 0.717) is 17.5 Å². The average molecular weight is 297 g/mol. The highest BCUT2D eigenvalue weighted by molar-refractivity contribution is 7.89. The Bertz CT molecular complexity index is 508. The zero-order valence-electron chi connectivity index (χ0n) is 11.9. The van der Waals surface area contributed by atoms with Gasteiger partial charge < -0.3 is 10.6 Å². The minimum atomic E-state index is -3.35. The Morgan fingerprint density at radius 2 is 2.05 bits per heavy atom. The summed E-state index contributed by atoms with van der Waals surface area (Å²) >= 11 is 0. The van der Waals surface area contributed by atoms with Crippen LogP contribution < -0.4 is 15.4 Å². The molecule has 1 heterocycles. The topological polar surface area (TPSA) is 70.2 Å². The molecule has 1 saturated heterocycles. The molecule has 1 atom stereocenters. The van der Waals surface area contributed by atoms with Crippen molar-refractivity contribution in [3.63, 3.8) is 0 Å². The van der Waals surface area contributed by atoms with Crippen LogP contribution >= 0.6 is 0 Å². The van der Waals surface area contributed by atoms with Gasteiger partial charge in [-0.3, -0.25) is 0 Å². The van der Waals surface area contributed by atoms with Gasteiger partial charge in [0.2, 0.25) is 10.0 Å². The van der Waals surface area contributed by atoms with Gasteiger partial charge in [0.15, 0.2) is 0 Å². The second-order valence-electron chi connectivity index (χ2n) is 5.03. The summed E-state index contributed by atoms with van der Waals surface area (Å²) in [6.07, 6.45) is 3.61. The van der Waals surface area contributed by atoms with Crippen LogP contribution in [0.4, 0.5) is 5.69 Å². The monoisotopic (exact) mass is 297 g/mol. The lowest BCUT2D eigenvalue weighted by Gasteiger charge is -2.12. The first-order valence-electron chi connectivity index (χ1n) is 7.19. The normalized spacial score (nSPS) is 19.1. The first-order chi connectivity index (χ1) is 9.62. The Hall–Kier alpha value is -1.11. The van der Waals surface area contributed by atoms with Crippen LogP contribution in [0.3, 0.4) is 0 Å². The van der Waals surface area contributed by atoms with Gasteiger partial charge in [0.05, 0.1) is 4.90 Å². The molecule has 1 aromatic rings. The van der Waals surface area contributed by atoms with E-state index in [1.54, 1.807) is 19.1 Å². The molecule has 0 aromatic heterocycles. The highest BCUT2D eigenvalue weighted by atomic mass is 32.2. The molecule has 0 amide bonds. The number of sulfonamides is 1. The Balaban J connectivity index is 1.85. The summed E-state index contributed by atoms with van der Waals surface area (Å²) in [5.74, 6) is 0. The van der Waals surface area contributed by atoms with Crippen LogP contribution in [0.2, 0.25) is 0 Å². The van der Waals surface area contributed by atoms with Crippen molar-refractivity contribution in [2.24, 2.45) is 0 Å². The van der Waals surface area contributed by atoms with E-state index in [1.807, 2.05) is 12.1 Å². The van der Waals surface area contributed by atoms with Crippen LogP contribution in [0, 0.1) is 0 Å². The average Bonchev–Trinajstić information content (AvgIpc) is 2.92. The van der Waals surface area contributed by atoms with Gasteiger partial charge in [0.25, 0.3) is 0 Å². The number of benzene rings is 1. The molecule has 1 aromatic carbocycles. The number of hydrogen-bond acceptors (Lipinski definition) is 4. The highest BCUT2D eigenvalue weighted by Crippen LogP contribution is 2.15. The second-order valence-corrected chi connectivity index (χ2v) is 6.80. The molecule has 0 bridgehead atoms. The van der Waals surface area contributed by atoms with Gasteiger partial charge in [-0.25, -0.2) is 13.1 Å². The van der Waals surface area contributed by atoms with E-state index < -0.39 is 10.0 Å². The summed E-state index contributed by atoms with van der Waals surface area (Å²) < 4.78 is 26.1. The van der Waals surface area contributed by atoms with Gasteiger partial charge >= 0.3 is 0 Å². The fourth-order valence-electron chi connectivity index (χ4n) is 2.42. The summed E-state index contributed by atoms with van der Waals surface area (Å²) in [4.78, 5) is 0.308. The van der Waals surface area contributed by atoms with E-state index in [1.165, 1.54) is 12.8 Å². The van der Waals surface area contributed by atoms with Gasteiger partial charge in [-0.15, -0.1) is 0 Å². The molecule has 112 valence electrons. The van der Waals surface area contributed by atoms with Gasteiger partial charge in [-0.1, -0.05) is 6.92 Å². The largest absolute Gasteiger partial charge is 0.385 e. The molecule has 0 radical (unpaired) electrons. The SMILES string of the molecule is CCNS(=O)(=O)c1ccc(NCC[C@H]2CCCN2)cc1. The van der Waals surface area contributed by atoms with Crippen molar-refractivity contribution in [3.05, 3.63) is 24.3 Å². The number of nitrogens with one attached hydrogen (secondary N) is 3. The Morgan fingerprint density at radius 3 is 2.65 bits per heavy atom. The van der Waals surface area contributed by atoms with E-state index in [-0.39, 0.29) is 0 Å². The van der Waals surface area contributed by atoms with Crippen LogP contribution in [0.5, 0.6) is 0 Å². The molecular formula is C14H23N3O2S. The summed E-state index contributed by atoms with van der Waals surface area (Å²) in [5, 5.41) is 6.79. The van der Waals surface area contributed by atoms with E-state index in [9.17, 15) is 8.42 Å². The quantitative estimate of drug-likeness (QED) is 0.714. The second kappa shape index (κ2) is 7.06.